The first-order chi connectivity index (χ1) is 11.1. The van der Waals surface area contributed by atoms with Gasteiger partial charge in [-0.15, -0.1) is 0 Å². The summed E-state index contributed by atoms with van der Waals surface area (Å²) in [5, 5.41) is 8.77. The molecule has 0 aliphatic carbocycles. The molecule has 1 atom stereocenters. The van der Waals surface area contributed by atoms with Gasteiger partial charge in [0.05, 0.1) is 12.6 Å². The van der Waals surface area contributed by atoms with E-state index in [9.17, 15) is 9.59 Å². The van der Waals surface area contributed by atoms with E-state index in [1.807, 2.05) is 19.1 Å². The number of carbonyl (C=O) groups is 2. The Bertz CT molecular complexity index is 554. The van der Waals surface area contributed by atoms with Crippen LogP contribution in [-0.2, 0) is 14.3 Å². The molecule has 2 amide bonds. The van der Waals surface area contributed by atoms with Crippen LogP contribution in [0.2, 0.25) is 0 Å². The van der Waals surface area contributed by atoms with Gasteiger partial charge in [0.2, 0.25) is 11.8 Å². The zero-order valence-corrected chi connectivity index (χ0v) is 13.8. The molecule has 3 N–H and O–H groups in total. The van der Waals surface area contributed by atoms with Crippen molar-refractivity contribution in [2.45, 2.75) is 39.2 Å². The van der Waals surface area contributed by atoms with Crippen LogP contribution in [0.25, 0.3) is 0 Å². The van der Waals surface area contributed by atoms with Crippen molar-refractivity contribution in [3.63, 3.8) is 0 Å². The fourth-order valence-electron chi connectivity index (χ4n) is 2.43. The molecular formula is C17H25N3O3. The van der Waals surface area contributed by atoms with Crippen LogP contribution in [0.3, 0.4) is 0 Å². The zero-order chi connectivity index (χ0) is 16.7. The summed E-state index contributed by atoms with van der Waals surface area (Å²) in [4.78, 5) is 23.5. The minimum Gasteiger partial charge on any atom is -0.377 e. The normalized spacial score (nSPS) is 17.0. The molecular weight excluding hydrogens is 294 g/mol. The van der Waals surface area contributed by atoms with Crippen LogP contribution in [0.4, 0.5) is 11.4 Å². The lowest BCUT2D eigenvalue weighted by molar-refractivity contribution is -0.116. The molecule has 1 fully saturated rings. The van der Waals surface area contributed by atoms with Crippen molar-refractivity contribution in [1.29, 1.82) is 0 Å². The van der Waals surface area contributed by atoms with Crippen LogP contribution in [0.15, 0.2) is 18.2 Å². The second kappa shape index (κ2) is 8.64. The predicted octanol–water partition coefficient (Wildman–Crippen LogP) is 2.05. The molecule has 2 rings (SSSR count). The molecule has 1 aliphatic rings. The number of hydrogen-bond acceptors (Lipinski definition) is 4. The van der Waals surface area contributed by atoms with Crippen LogP contribution in [0.5, 0.6) is 0 Å². The second-order valence-corrected chi connectivity index (χ2v) is 5.75. The van der Waals surface area contributed by atoms with Crippen molar-refractivity contribution in [1.82, 2.24) is 5.32 Å². The second-order valence-electron chi connectivity index (χ2n) is 5.75. The summed E-state index contributed by atoms with van der Waals surface area (Å²) in [5.41, 5.74) is 2.36. The van der Waals surface area contributed by atoms with Gasteiger partial charge in [-0.25, -0.2) is 0 Å². The first-order valence-corrected chi connectivity index (χ1v) is 8.11. The fourth-order valence-corrected chi connectivity index (χ4v) is 2.43. The Morgan fingerprint density at radius 1 is 1.26 bits per heavy atom. The topological polar surface area (TPSA) is 79.5 Å². The van der Waals surface area contributed by atoms with E-state index >= 15 is 0 Å². The Hall–Kier alpha value is -1.92. The lowest BCUT2D eigenvalue weighted by Gasteiger charge is -2.12. The highest BCUT2D eigenvalue weighted by Crippen LogP contribution is 2.20. The van der Waals surface area contributed by atoms with Crippen LogP contribution in [0.1, 0.15) is 31.7 Å². The SMILES string of the molecule is CCC(=O)Nc1cc(NC(=O)CNCC2CCCO2)ccc1C. The van der Waals surface area contributed by atoms with E-state index in [-0.39, 0.29) is 24.5 Å². The molecule has 0 saturated carbocycles. The lowest BCUT2D eigenvalue weighted by Crippen LogP contribution is -2.33. The molecule has 0 bridgehead atoms. The number of benzene rings is 1. The predicted molar refractivity (Wildman–Crippen MR) is 90.6 cm³/mol. The van der Waals surface area contributed by atoms with Gasteiger partial charge in [0.1, 0.15) is 0 Å². The monoisotopic (exact) mass is 319 g/mol. The van der Waals surface area contributed by atoms with Gasteiger partial charge >= 0.3 is 0 Å². The number of hydrogen-bond donors (Lipinski definition) is 3. The van der Waals surface area contributed by atoms with Gasteiger partial charge in [-0.2, -0.15) is 0 Å². The number of carbonyl (C=O) groups excluding carboxylic acids is 2. The van der Waals surface area contributed by atoms with Crippen LogP contribution in [0, 0.1) is 6.92 Å². The number of ether oxygens (including phenoxy) is 1. The Morgan fingerprint density at radius 2 is 2.09 bits per heavy atom. The molecule has 1 heterocycles. The highest BCUT2D eigenvalue weighted by atomic mass is 16.5. The maximum absolute atomic E-state index is 12.0. The summed E-state index contributed by atoms with van der Waals surface area (Å²) in [7, 11) is 0. The third-order valence-electron chi connectivity index (χ3n) is 3.80. The van der Waals surface area contributed by atoms with Gasteiger partial charge in [0.25, 0.3) is 0 Å². The Kier molecular flexibility index (Phi) is 6.55. The zero-order valence-electron chi connectivity index (χ0n) is 13.8. The molecule has 0 aromatic heterocycles. The maximum Gasteiger partial charge on any atom is 0.238 e. The van der Waals surface area contributed by atoms with E-state index in [2.05, 4.69) is 16.0 Å². The van der Waals surface area contributed by atoms with Gasteiger partial charge in [-0.3, -0.25) is 9.59 Å². The summed E-state index contributed by atoms with van der Waals surface area (Å²) in [6, 6.07) is 5.48. The van der Waals surface area contributed by atoms with Crippen molar-refractivity contribution in [2.24, 2.45) is 0 Å². The summed E-state index contributed by atoms with van der Waals surface area (Å²) in [5.74, 6) is -0.158. The number of anilines is 2. The van der Waals surface area contributed by atoms with Gasteiger partial charge in [0.15, 0.2) is 0 Å². The van der Waals surface area contributed by atoms with Crippen molar-refractivity contribution < 1.29 is 14.3 Å². The van der Waals surface area contributed by atoms with Gasteiger partial charge in [-0.1, -0.05) is 13.0 Å². The lowest BCUT2D eigenvalue weighted by atomic mass is 10.1. The molecule has 126 valence electrons. The van der Waals surface area contributed by atoms with E-state index in [0.717, 1.165) is 30.7 Å². The highest BCUT2D eigenvalue weighted by Gasteiger charge is 2.15. The molecule has 1 aromatic carbocycles. The molecule has 23 heavy (non-hydrogen) atoms. The van der Waals surface area contributed by atoms with Gasteiger partial charge in [0, 0.05) is 30.9 Å². The van der Waals surface area contributed by atoms with E-state index in [4.69, 9.17) is 4.74 Å². The van der Waals surface area contributed by atoms with Gasteiger partial charge < -0.3 is 20.7 Å². The van der Waals surface area contributed by atoms with E-state index < -0.39 is 0 Å². The molecule has 1 saturated heterocycles. The minimum absolute atomic E-state index is 0.0465. The average molecular weight is 319 g/mol. The fraction of sp³-hybridized carbons (Fsp3) is 0.529. The first-order valence-electron chi connectivity index (χ1n) is 8.11. The molecule has 6 heteroatoms. The third-order valence-corrected chi connectivity index (χ3v) is 3.80. The molecule has 6 nitrogen and oxygen atoms in total. The third kappa shape index (κ3) is 5.65. The van der Waals surface area contributed by atoms with Crippen LogP contribution >= 0.6 is 0 Å². The highest BCUT2D eigenvalue weighted by molar-refractivity contribution is 5.95. The van der Waals surface area contributed by atoms with Crippen molar-refractivity contribution in [2.75, 3.05) is 30.3 Å². The first kappa shape index (κ1) is 17.4. The van der Waals surface area contributed by atoms with Crippen molar-refractivity contribution >= 4 is 23.2 Å². The molecule has 1 aliphatic heterocycles. The smallest absolute Gasteiger partial charge is 0.238 e. The summed E-state index contributed by atoms with van der Waals surface area (Å²) < 4.78 is 5.50. The van der Waals surface area contributed by atoms with Crippen LogP contribution < -0.4 is 16.0 Å². The standard InChI is InChI=1S/C17H25N3O3/c1-3-16(21)20-15-9-13(7-6-12(15)2)19-17(22)11-18-10-14-5-4-8-23-14/h6-7,9,14,18H,3-5,8,10-11H2,1-2H3,(H,19,22)(H,20,21). The average Bonchev–Trinajstić information content (AvgIpc) is 3.03. The number of amides is 2. The van der Waals surface area contributed by atoms with E-state index in [0.29, 0.717) is 18.7 Å². The van der Waals surface area contributed by atoms with E-state index in [1.54, 1.807) is 13.0 Å². The minimum atomic E-state index is -0.111. The van der Waals surface area contributed by atoms with Crippen molar-refractivity contribution in [3.8, 4) is 0 Å². The van der Waals surface area contributed by atoms with E-state index in [1.165, 1.54) is 0 Å². The summed E-state index contributed by atoms with van der Waals surface area (Å²) >= 11 is 0. The quantitative estimate of drug-likeness (QED) is 0.718. The maximum atomic E-state index is 12.0. The summed E-state index contributed by atoms with van der Waals surface area (Å²) in [6.45, 7) is 5.47. The number of aryl methyl sites for hydroxylation is 1. The Morgan fingerprint density at radius 3 is 2.78 bits per heavy atom. The number of rotatable bonds is 7. The summed E-state index contributed by atoms with van der Waals surface area (Å²) in [6.07, 6.45) is 2.78. The number of nitrogens with one attached hydrogen (secondary N) is 3. The Balaban J connectivity index is 1.82. The largest absolute Gasteiger partial charge is 0.377 e. The van der Waals surface area contributed by atoms with Gasteiger partial charge in [-0.05, 0) is 37.5 Å². The molecule has 1 unspecified atom stereocenters. The van der Waals surface area contributed by atoms with Crippen molar-refractivity contribution in [3.05, 3.63) is 23.8 Å². The Labute approximate surface area is 137 Å². The van der Waals surface area contributed by atoms with Crippen LogP contribution in [-0.4, -0.2) is 37.6 Å². The molecule has 0 radical (unpaired) electrons. The molecule has 0 spiro atoms. The molecule has 1 aromatic rings.